The van der Waals surface area contributed by atoms with E-state index < -0.39 is 0 Å². The van der Waals surface area contributed by atoms with Gasteiger partial charge in [-0.2, -0.15) is 5.10 Å². The van der Waals surface area contributed by atoms with Crippen molar-refractivity contribution in [2.45, 2.75) is 6.92 Å². The van der Waals surface area contributed by atoms with Gasteiger partial charge in [0.15, 0.2) is 0 Å². The number of benzene rings is 1. The lowest BCUT2D eigenvalue weighted by atomic mass is 10.2. The molecule has 4 nitrogen and oxygen atoms in total. The summed E-state index contributed by atoms with van der Waals surface area (Å²) in [5, 5.41) is 6.07. The van der Waals surface area contributed by atoms with Crippen molar-refractivity contribution in [3.63, 3.8) is 0 Å². The molecule has 0 radical (unpaired) electrons. The van der Waals surface area contributed by atoms with Crippen LogP contribution in [0.3, 0.4) is 0 Å². The van der Waals surface area contributed by atoms with Gasteiger partial charge in [0, 0.05) is 18.2 Å². The first-order chi connectivity index (χ1) is 6.24. The number of nitrogens with two attached hydrogens (primary N) is 1. The maximum absolute atomic E-state index is 10.8. The van der Waals surface area contributed by atoms with Crippen molar-refractivity contribution in [1.29, 1.82) is 0 Å². The number of nitrogens with zero attached hydrogens (tertiary/aromatic N) is 1. The second kappa shape index (κ2) is 4.25. The Balaban J connectivity index is 2.97. The minimum absolute atomic E-state index is 0.113. The second-order valence-electron chi connectivity index (χ2n) is 2.55. The van der Waals surface area contributed by atoms with E-state index in [2.05, 4.69) is 10.4 Å². The fourth-order valence-electron chi connectivity index (χ4n) is 0.993. The molecule has 0 saturated heterocycles. The third-order valence-corrected chi connectivity index (χ3v) is 1.49. The highest BCUT2D eigenvalue weighted by molar-refractivity contribution is 5.96. The van der Waals surface area contributed by atoms with Crippen LogP contribution >= 0.6 is 0 Å². The molecule has 13 heavy (non-hydrogen) atoms. The Hall–Kier alpha value is -1.84. The molecule has 0 bridgehead atoms. The summed E-state index contributed by atoms with van der Waals surface area (Å²) in [6, 6.07) is 7.29. The normalized spacial score (nSPS) is 10.2. The van der Waals surface area contributed by atoms with Gasteiger partial charge in [-0.25, -0.2) is 0 Å². The molecule has 0 heterocycles. The van der Waals surface area contributed by atoms with E-state index in [0.29, 0.717) is 5.69 Å². The van der Waals surface area contributed by atoms with Crippen molar-refractivity contribution in [2.75, 3.05) is 5.32 Å². The molecule has 0 aliphatic rings. The zero-order chi connectivity index (χ0) is 9.68. The number of anilines is 1. The predicted molar refractivity (Wildman–Crippen MR) is 52.5 cm³/mol. The fourth-order valence-corrected chi connectivity index (χ4v) is 0.993. The standard InChI is InChI=1S/C9H11N3O/c1-7(13)12-9-5-3-2-4-8(9)6-11-10/h2-6H,10H2,1H3,(H,12,13). The third-order valence-electron chi connectivity index (χ3n) is 1.49. The molecule has 3 N–H and O–H groups in total. The minimum Gasteiger partial charge on any atom is -0.326 e. The molecule has 0 spiro atoms. The number of hydrogen-bond donors (Lipinski definition) is 2. The molecule has 1 amide bonds. The first-order valence-corrected chi connectivity index (χ1v) is 3.84. The predicted octanol–water partition coefficient (Wildman–Crippen LogP) is 0.938. The number of nitrogens with one attached hydrogen (secondary N) is 1. The number of para-hydroxylation sites is 1. The Morgan fingerprint density at radius 3 is 2.85 bits per heavy atom. The monoisotopic (exact) mass is 177 g/mol. The summed E-state index contributed by atoms with van der Waals surface area (Å²) in [5.74, 6) is 4.90. The number of amides is 1. The molecular formula is C9H11N3O. The van der Waals surface area contributed by atoms with Gasteiger partial charge in [-0.15, -0.1) is 0 Å². The van der Waals surface area contributed by atoms with E-state index in [1.165, 1.54) is 13.1 Å². The van der Waals surface area contributed by atoms with E-state index in [0.717, 1.165) is 5.56 Å². The van der Waals surface area contributed by atoms with Crippen LogP contribution in [0.4, 0.5) is 5.69 Å². The second-order valence-corrected chi connectivity index (χ2v) is 2.55. The lowest BCUT2D eigenvalue weighted by Gasteiger charge is -2.04. The van der Waals surface area contributed by atoms with Crippen LogP contribution < -0.4 is 11.2 Å². The summed E-state index contributed by atoms with van der Waals surface area (Å²) >= 11 is 0. The van der Waals surface area contributed by atoms with Gasteiger partial charge in [-0.05, 0) is 6.07 Å². The van der Waals surface area contributed by atoms with Gasteiger partial charge in [0.25, 0.3) is 0 Å². The molecule has 0 saturated carbocycles. The maximum atomic E-state index is 10.8. The van der Waals surface area contributed by atoms with Gasteiger partial charge in [-0.1, -0.05) is 18.2 Å². The lowest BCUT2D eigenvalue weighted by Crippen LogP contribution is -2.07. The highest BCUT2D eigenvalue weighted by Crippen LogP contribution is 2.11. The van der Waals surface area contributed by atoms with Crippen molar-refractivity contribution in [3.8, 4) is 0 Å². The molecule has 68 valence electrons. The minimum atomic E-state index is -0.113. The molecule has 0 aliphatic heterocycles. The number of rotatable bonds is 2. The molecule has 1 aromatic carbocycles. The number of carbonyl (C=O) groups excluding carboxylic acids is 1. The average Bonchev–Trinajstić information content (AvgIpc) is 2.08. The summed E-state index contributed by atoms with van der Waals surface area (Å²) in [6.45, 7) is 1.45. The van der Waals surface area contributed by atoms with Crippen molar-refractivity contribution >= 4 is 17.8 Å². The molecular weight excluding hydrogens is 166 g/mol. The first kappa shape index (κ1) is 9.25. The molecule has 0 aliphatic carbocycles. The molecule has 1 aromatic rings. The number of carbonyl (C=O) groups is 1. The smallest absolute Gasteiger partial charge is 0.221 e. The van der Waals surface area contributed by atoms with Gasteiger partial charge in [0.1, 0.15) is 0 Å². The quantitative estimate of drug-likeness (QED) is 0.401. The van der Waals surface area contributed by atoms with Gasteiger partial charge >= 0.3 is 0 Å². The maximum Gasteiger partial charge on any atom is 0.221 e. The Morgan fingerprint density at radius 1 is 1.54 bits per heavy atom. The van der Waals surface area contributed by atoms with Crippen molar-refractivity contribution < 1.29 is 4.79 Å². The van der Waals surface area contributed by atoms with E-state index in [9.17, 15) is 4.79 Å². The van der Waals surface area contributed by atoms with Gasteiger partial charge in [0.2, 0.25) is 5.91 Å². The first-order valence-electron chi connectivity index (χ1n) is 3.84. The van der Waals surface area contributed by atoms with Gasteiger partial charge < -0.3 is 11.2 Å². The lowest BCUT2D eigenvalue weighted by molar-refractivity contribution is -0.114. The summed E-state index contributed by atoms with van der Waals surface area (Å²) in [4.78, 5) is 10.8. The molecule has 0 unspecified atom stereocenters. The van der Waals surface area contributed by atoms with E-state index in [1.54, 1.807) is 6.07 Å². The van der Waals surface area contributed by atoms with Gasteiger partial charge in [-0.3, -0.25) is 4.79 Å². The largest absolute Gasteiger partial charge is 0.326 e. The van der Waals surface area contributed by atoms with Crippen LogP contribution in [0.5, 0.6) is 0 Å². The zero-order valence-corrected chi connectivity index (χ0v) is 7.32. The third kappa shape index (κ3) is 2.59. The average molecular weight is 177 g/mol. The van der Waals surface area contributed by atoms with E-state index in [-0.39, 0.29) is 5.91 Å². The number of hydrogen-bond acceptors (Lipinski definition) is 3. The van der Waals surface area contributed by atoms with Crippen LogP contribution in [0.25, 0.3) is 0 Å². The summed E-state index contributed by atoms with van der Waals surface area (Å²) in [5.41, 5.74) is 1.50. The van der Waals surface area contributed by atoms with Crippen LogP contribution in [-0.4, -0.2) is 12.1 Å². The Labute approximate surface area is 76.4 Å². The van der Waals surface area contributed by atoms with Crippen LogP contribution in [0, 0.1) is 0 Å². The van der Waals surface area contributed by atoms with E-state index >= 15 is 0 Å². The van der Waals surface area contributed by atoms with Crippen LogP contribution in [0.1, 0.15) is 12.5 Å². The van der Waals surface area contributed by atoms with E-state index in [4.69, 9.17) is 5.84 Å². The number of hydrazone groups is 1. The van der Waals surface area contributed by atoms with E-state index in [1.807, 2.05) is 18.2 Å². The topological polar surface area (TPSA) is 67.5 Å². The Bertz CT molecular complexity index is 333. The van der Waals surface area contributed by atoms with Crippen LogP contribution in [0.15, 0.2) is 29.4 Å². The highest BCUT2D eigenvalue weighted by atomic mass is 16.1. The zero-order valence-electron chi connectivity index (χ0n) is 7.32. The Kier molecular flexibility index (Phi) is 3.03. The molecule has 0 aromatic heterocycles. The van der Waals surface area contributed by atoms with Crippen molar-refractivity contribution in [3.05, 3.63) is 29.8 Å². The molecule has 1 rings (SSSR count). The molecule has 0 atom stereocenters. The van der Waals surface area contributed by atoms with Crippen molar-refractivity contribution in [1.82, 2.24) is 0 Å². The summed E-state index contributed by atoms with van der Waals surface area (Å²) in [7, 11) is 0. The fraction of sp³-hybridized carbons (Fsp3) is 0.111. The SMILES string of the molecule is CC(=O)Nc1ccccc1C=NN. The molecule has 0 fully saturated rings. The van der Waals surface area contributed by atoms with Crippen LogP contribution in [-0.2, 0) is 4.79 Å². The molecule has 4 heteroatoms. The summed E-state index contributed by atoms with van der Waals surface area (Å²) < 4.78 is 0. The van der Waals surface area contributed by atoms with Gasteiger partial charge in [0.05, 0.1) is 6.21 Å². The summed E-state index contributed by atoms with van der Waals surface area (Å²) in [6.07, 6.45) is 1.49. The van der Waals surface area contributed by atoms with Crippen LogP contribution in [0.2, 0.25) is 0 Å². The highest BCUT2D eigenvalue weighted by Gasteiger charge is 1.99. The van der Waals surface area contributed by atoms with Crippen molar-refractivity contribution in [2.24, 2.45) is 10.9 Å². The Morgan fingerprint density at radius 2 is 2.23 bits per heavy atom.